The topological polar surface area (TPSA) is 107 Å². The maximum Gasteiger partial charge on any atom is 0.320 e. The van der Waals surface area contributed by atoms with Gasteiger partial charge in [-0.05, 0) is 63.5 Å². The Morgan fingerprint density at radius 2 is 2.02 bits per heavy atom. The van der Waals surface area contributed by atoms with Crippen LogP contribution in [0, 0.1) is 17.8 Å². The summed E-state index contributed by atoms with van der Waals surface area (Å²) < 4.78 is 16.2. The molecule has 0 aromatic heterocycles. The predicted molar refractivity (Wildman–Crippen MR) is 149 cm³/mol. The number of rotatable bonds is 3. The highest BCUT2D eigenvalue weighted by Crippen LogP contribution is 2.41. The predicted octanol–water partition coefficient (Wildman–Crippen LogP) is 1.01. The summed E-state index contributed by atoms with van der Waals surface area (Å²) in [5.41, 5.74) is 7.28. The Kier molecular flexibility index (Phi) is 7.71. The summed E-state index contributed by atoms with van der Waals surface area (Å²) in [4.78, 5) is 32.7. The number of carbonyl (C=O) groups excluding carboxylic acids is 2. The van der Waals surface area contributed by atoms with Crippen LogP contribution in [0.4, 0.5) is 9.18 Å². The molecule has 222 valence electrons. The fraction of sp³-hybridized carbons (Fsp3) is 0.786. The summed E-state index contributed by atoms with van der Waals surface area (Å²) in [6.07, 6.45) is 5.10. The lowest BCUT2D eigenvalue weighted by Crippen LogP contribution is -2.80. The van der Waals surface area contributed by atoms with E-state index in [0.29, 0.717) is 37.9 Å². The molecule has 5 saturated heterocycles. The van der Waals surface area contributed by atoms with Gasteiger partial charge in [0.2, 0.25) is 5.91 Å². The van der Waals surface area contributed by atoms with Crippen molar-refractivity contribution in [1.29, 1.82) is 0 Å². The lowest BCUT2D eigenvalue weighted by Gasteiger charge is -2.59. The molecular formula is C28H46FN9O2. The molecule has 0 saturated carbocycles. The molecule has 9 atom stereocenters. The van der Waals surface area contributed by atoms with Crippen LogP contribution < -0.4 is 26.9 Å². The molecular weight excluding hydrogens is 513 g/mol. The molecule has 8 unspecified atom stereocenters. The minimum Gasteiger partial charge on any atom is -0.336 e. The molecule has 2 bridgehead atoms. The summed E-state index contributed by atoms with van der Waals surface area (Å²) in [7, 11) is 0. The van der Waals surface area contributed by atoms with Gasteiger partial charge >= 0.3 is 6.03 Å². The molecule has 6 heterocycles. The Hall–Kier alpha value is -2.41. The standard InChI is InChI=1S/C28H46FN9O2/c1-5-22(39)35-11-12-36(17(4)15-35)25-20-13-21(29)27-32-26(20)37(28(40)33-25)24-18(9-10-30-23(24)16(2)3)7-6-8-19-14-31-34-38(19)27/h5,14,16-18,20-21,23-27,30-32,34H,1,6-13,15H2,2-4H3,(H,33,40)/t17-,18?,20?,21?,23?,24?,25?,26?,27?/m0/s1. The van der Waals surface area contributed by atoms with Gasteiger partial charge in [0.15, 0.2) is 0 Å². The zero-order chi connectivity index (χ0) is 28.1. The van der Waals surface area contributed by atoms with E-state index in [2.05, 4.69) is 64.1 Å². The van der Waals surface area contributed by atoms with Crippen molar-refractivity contribution in [3.05, 3.63) is 24.6 Å². The Labute approximate surface area is 236 Å². The van der Waals surface area contributed by atoms with Crippen molar-refractivity contribution in [2.24, 2.45) is 17.8 Å². The first-order valence-corrected chi connectivity index (χ1v) is 15.2. The van der Waals surface area contributed by atoms with Crippen LogP contribution in [0.3, 0.4) is 0 Å². The number of nitrogens with zero attached hydrogens (tertiary/aromatic N) is 4. The first kappa shape index (κ1) is 27.7. The van der Waals surface area contributed by atoms with Crippen molar-refractivity contribution in [3.8, 4) is 0 Å². The van der Waals surface area contributed by atoms with E-state index in [-0.39, 0.29) is 48.3 Å². The second kappa shape index (κ2) is 11.1. The number of piperazine rings is 1. The van der Waals surface area contributed by atoms with Gasteiger partial charge in [0.1, 0.15) is 12.3 Å². The van der Waals surface area contributed by atoms with E-state index in [1.54, 1.807) is 4.90 Å². The third-order valence-corrected chi connectivity index (χ3v) is 10.1. The quantitative estimate of drug-likeness (QED) is 0.326. The summed E-state index contributed by atoms with van der Waals surface area (Å²) in [6, 6.07) is 0.106. The van der Waals surface area contributed by atoms with Crippen molar-refractivity contribution in [3.63, 3.8) is 0 Å². The highest BCUT2D eigenvalue weighted by Gasteiger charge is 2.56. The molecule has 12 heteroatoms. The summed E-state index contributed by atoms with van der Waals surface area (Å²) in [5.74, 6) is 0.474. The maximum atomic E-state index is 16.2. The number of piperidine rings is 2. The Morgan fingerprint density at radius 3 is 2.77 bits per heavy atom. The lowest BCUT2D eigenvalue weighted by molar-refractivity contribution is -0.132. The Morgan fingerprint density at radius 1 is 1.20 bits per heavy atom. The molecule has 6 rings (SSSR count). The SMILES string of the molecule is C=CC(=O)N1CCN(C2NC(=O)N3C4NC(C(F)CC42)N2NNC=C2CCCC2CCNC(C(C)C)C23)[C@@H](C)C1. The number of hydrogen-bond donors (Lipinski definition) is 5. The molecule has 11 nitrogen and oxygen atoms in total. The molecule has 5 fully saturated rings. The number of amides is 3. The zero-order valence-corrected chi connectivity index (χ0v) is 24.0. The van der Waals surface area contributed by atoms with E-state index in [1.165, 1.54) is 6.08 Å². The van der Waals surface area contributed by atoms with Crippen LogP contribution in [0.1, 0.15) is 52.9 Å². The number of carbonyl (C=O) groups is 2. The van der Waals surface area contributed by atoms with Gasteiger partial charge in [-0.3, -0.25) is 20.0 Å². The maximum absolute atomic E-state index is 16.2. The number of hydrogen-bond acceptors (Lipinski definition) is 8. The second-order valence-corrected chi connectivity index (χ2v) is 12.8. The van der Waals surface area contributed by atoms with Crippen LogP contribution in [-0.2, 0) is 4.79 Å². The molecule has 0 aromatic carbocycles. The van der Waals surface area contributed by atoms with Crippen molar-refractivity contribution in [2.45, 2.75) is 95.7 Å². The summed E-state index contributed by atoms with van der Waals surface area (Å²) >= 11 is 0. The second-order valence-electron chi connectivity index (χ2n) is 12.8. The number of urea groups is 1. The van der Waals surface area contributed by atoms with Gasteiger partial charge in [-0.15, -0.1) is 5.53 Å². The number of hydrazine groups is 2. The zero-order valence-electron chi connectivity index (χ0n) is 24.0. The fourth-order valence-electron chi connectivity index (χ4n) is 8.22. The molecule has 0 spiro atoms. The number of halogens is 1. The molecule has 6 aliphatic heterocycles. The van der Waals surface area contributed by atoms with Crippen molar-refractivity contribution >= 4 is 11.9 Å². The smallest absolute Gasteiger partial charge is 0.320 e. The van der Waals surface area contributed by atoms with Crippen molar-refractivity contribution < 1.29 is 14.0 Å². The van der Waals surface area contributed by atoms with Gasteiger partial charge in [0.05, 0.1) is 24.1 Å². The fourth-order valence-corrected chi connectivity index (χ4v) is 8.22. The molecule has 5 N–H and O–H groups in total. The molecule has 3 amide bonds. The number of nitrogens with one attached hydrogen (secondary N) is 5. The van der Waals surface area contributed by atoms with Crippen LogP contribution >= 0.6 is 0 Å². The van der Waals surface area contributed by atoms with Gasteiger partial charge in [-0.25, -0.2) is 9.18 Å². The molecule has 0 aromatic rings. The van der Waals surface area contributed by atoms with Crippen LogP contribution in [-0.4, -0.2) is 101 Å². The van der Waals surface area contributed by atoms with E-state index in [1.807, 2.05) is 11.2 Å². The first-order valence-electron chi connectivity index (χ1n) is 15.2. The first-order chi connectivity index (χ1) is 19.3. The lowest BCUT2D eigenvalue weighted by atomic mass is 9.76. The normalized spacial score (nSPS) is 40.3. The van der Waals surface area contributed by atoms with E-state index in [4.69, 9.17) is 0 Å². The van der Waals surface area contributed by atoms with E-state index in [0.717, 1.165) is 37.9 Å². The molecule has 0 radical (unpaired) electrons. The minimum atomic E-state index is -1.14. The summed E-state index contributed by atoms with van der Waals surface area (Å²) in [6.45, 7) is 12.8. The largest absolute Gasteiger partial charge is 0.336 e. The van der Waals surface area contributed by atoms with Gasteiger partial charge in [0.25, 0.3) is 0 Å². The molecule has 0 aliphatic carbocycles. The van der Waals surface area contributed by atoms with Gasteiger partial charge in [0, 0.05) is 43.8 Å². The average molecular weight is 560 g/mol. The molecule has 40 heavy (non-hydrogen) atoms. The van der Waals surface area contributed by atoms with Gasteiger partial charge in [-0.2, -0.15) is 0 Å². The van der Waals surface area contributed by atoms with Crippen LogP contribution in [0.15, 0.2) is 24.6 Å². The van der Waals surface area contributed by atoms with Crippen LogP contribution in [0.25, 0.3) is 0 Å². The van der Waals surface area contributed by atoms with Crippen molar-refractivity contribution in [2.75, 3.05) is 26.2 Å². The third-order valence-electron chi connectivity index (χ3n) is 10.1. The Bertz CT molecular complexity index is 1030. The van der Waals surface area contributed by atoms with Gasteiger partial charge in [-0.1, -0.05) is 20.4 Å². The van der Waals surface area contributed by atoms with E-state index in [9.17, 15) is 9.59 Å². The number of fused-ring (bicyclic) bond motifs is 5. The highest BCUT2D eigenvalue weighted by atomic mass is 19.1. The van der Waals surface area contributed by atoms with Crippen LogP contribution in [0.2, 0.25) is 0 Å². The third kappa shape index (κ3) is 4.76. The number of alkyl halides is 1. The summed E-state index contributed by atoms with van der Waals surface area (Å²) in [5, 5.41) is 12.7. The number of allylic oxidation sites excluding steroid dienone is 1. The van der Waals surface area contributed by atoms with Gasteiger partial charge < -0.3 is 25.9 Å². The Balaban J connectivity index is 1.36. The van der Waals surface area contributed by atoms with Crippen LogP contribution in [0.5, 0.6) is 0 Å². The van der Waals surface area contributed by atoms with E-state index < -0.39 is 12.3 Å². The average Bonchev–Trinajstić information content (AvgIpc) is 3.39. The van der Waals surface area contributed by atoms with Crippen molar-refractivity contribution in [1.82, 2.24) is 46.6 Å². The monoisotopic (exact) mass is 559 g/mol. The molecule has 6 aliphatic rings. The highest BCUT2D eigenvalue weighted by molar-refractivity contribution is 5.87. The minimum absolute atomic E-state index is 0.0130. The van der Waals surface area contributed by atoms with E-state index >= 15 is 4.39 Å².